The van der Waals surface area contributed by atoms with E-state index in [1.54, 1.807) is 18.2 Å². The maximum Gasteiger partial charge on any atom is 0.262 e. The highest BCUT2D eigenvalue weighted by Crippen LogP contribution is 2.30. The second-order valence-corrected chi connectivity index (χ2v) is 7.76. The summed E-state index contributed by atoms with van der Waals surface area (Å²) in [7, 11) is 0. The van der Waals surface area contributed by atoms with Crippen molar-refractivity contribution in [3.05, 3.63) is 70.8 Å². The molecule has 4 amide bonds. The topological polar surface area (TPSA) is 122 Å². The number of nitrogens with one attached hydrogen (secondary N) is 2. The Hall–Kier alpha value is -3.36. The van der Waals surface area contributed by atoms with Crippen LogP contribution in [0.25, 0.3) is 0 Å². The fraction of sp³-hybridized carbons (Fsp3) is 0.304. The fourth-order valence-corrected chi connectivity index (χ4v) is 4.18. The zero-order valence-electron chi connectivity index (χ0n) is 17.0. The van der Waals surface area contributed by atoms with E-state index in [0.717, 1.165) is 10.5 Å². The Balaban J connectivity index is 1.50. The largest absolute Gasteiger partial charge is 0.330 e. The molecule has 2 aromatic carbocycles. The number of nitrogens with zero attached hydrogens (tertiary/aromatic N) is 1. The molecule has 2 unspecified atom stereocenters. The third-order valence-corrected chi connectivity index (χ3v) is 5.82. The van der Waals surface area contributed by atoms with Crippen molar-refractivity contribution in [1.29, 1.82) is 0 Å². The average Bonchev–Trinajstić information content (AvgIpc) is 3.03. The van der Waals surface area contributed by atoms with E-state index in [0.29, 0.717) is 30.8 Å². The summed E-state index contributed by atoms with van der Waals surface area (Å²) in [5.41, 5.74) is 8.35. The van der Waals surface area contributed by atoms with Crippen molar-refractivity contribution in [1.82, 2.24) is 15.5 Å². The number of fused-ring (bicyclic) bond motifs is 1. The third-order valence-electron chi connectivity index (χ3n) is 5.82. The summed E-state index contributed by atoms with van der Waals surface area (Å²) < 4.78 is 0. The van der Waals surface area contributed by atoms with Gasteiger partial charge in [-0.2, -0.15) is 0 Å². The first kappa shape index (κ1) is 20.9. The van der Waals surface area contributed by atoms with E-state index < -0.39 is 29.7 Å². The summed E-state index contributed by atoms with van der Waals surface area (Å²) in [6, 6.07) is 14.1. The van der Waals surface area contributed by atoms with Crippen LogP contribution in [0.4, 0.5) is 0 Å². The number of hydrogen-bond acceptors (Lipinski definition) is 6. The Bertz CT molecular complexity index is 1040. The van der Waals surface area contributed by atoms with Crippen LogP contribution in [0, 0.1) is 0 Å². The molecule has 2 aromatic rings. The molecule has 0 aromatic heterocycles. The van der Waals surface area contributed by atoms with Gasteiger partial charge in [-0.3, -0.25) is 29.4 Å². The first-order valence-electron chi connectivity index (χ1n) is 10.3. The Labute approximate surface area is 179 Å². The monoisotopic (exact) mass is 420 g/mol. The van der Waals surface area contributed by atoms with Gasteiger partial charge in [0.05, 0.1) is 11.1 Å². The average molecular weight is 420 g/mol. The van der Waals surface area contributed by atoms with E-state index in [1.165, 1.54) is 0 Å². The molecule has 0 aliphatic carbocycles. The van der Waals surface area contributed by atoms with Gasteiger partial charge in [0.15, 0.2) is 0 Å². The van der Waals surface area contributed by atoms with Gasteiger partial charge in [-0.1, -0.05) is 42.5 Å². The normalized spacial score (nSPS) is 19.4. The van der Waals surface area contributed by atoms with E-state index in [4.69, 9.17) is 5.73 Å². The molecule has 2 heterocycles. The van der Waals surface area contributed by atoms with Crippen molar-refractivity contribution in [3.8, 4) is 0 Å². The molecule has 4 N–H and O–H groups in total. The van der Waals surface area contributed by atoms with Gasteiger partial charge in [-0.05, 0) is 23.6 Å². The number of carbonyl (C=O) groups excluding carboxylic acids is 4. The number of rotatable bonds is 7. The maximum absolute atomic E-state index is 13.1. The molecule has 0 radical (unpaired) electrons. The third kappa shape index (κ3) is 3.99. The van der Waals surface area contributed by atoms with Gasteiger partial charge in [0, 0.05) is 32.0 Å². The van der Waals surface area contributed by atoms with Crippen LogP contribution in [-0.4, -0.2) is 47.7 Å². The maximum atomic E-state index is 13.1. The highest BCUT2D eigenvalue weighted by Gasteiger charge is 2.45. The lowest BCUT2D eigenvalue weighted by Crippen LogP contribution is -2.54. The van der Waals surface area contributed by atoms with Crippen LogP contribution >= 0.6 is 0 Å². The molecule has 2 aliphatic heterocycles. The lowest BCUT2D eigenvalue weighted by molar-refractivity contribution is -0.136. The van der Waals surface area contributed by atoms with Gasteiger partial charge in [0.2, 0.25) is 11.8 Å². The SMILES string of the molecule is NCC(CNCc1cccc2c1C(=O)N(C1CCC(=O)NC1=O)C2=O)c1ccccc1. The lowest BCUT2D eigenvalue weighted by atomic mass is 9.98. The lowest BCUT2D eigenvalue weighted by Gasteiger charge is -2.27. The predicted octanol–water partition coefficient (Wildman–Crippen LogP) is 0.920. The first-order chi connectivity index (χ1) is 15.0. The van der Waals surface area contributed by atoms with Gasteiger partial charge < -0.3 is 11.1 Å². The molecule has 8 nitrogen and oxygen atoms in total. The summed E-state index contributed by atoms with van der Waals surface area (Å²) >= 11 is 0. The smallest absolute Gasteiger partial charge is 0.262 e. The van der Waals surface area contributed by atoms with Crippen molar-refractivity contribution >= 4 is 23.6 Å². The molecular formula is C23H24N4O4. The van der Waals surface area contributed by atoms with Gasteiger partial charge in [0.1, 0.15) is 6.04 Å². The molecule has 2 atom stereocenters. The predicted molar refractivity (Wildman–Crippen MR) is 113 cm³/mol. The highest BCUT2D eigenvalue weighted by molar-refractivity contribution is 6.24. The van der Waals surface area contributed by atoms with Crippen LogP contribution in [-0.2, 0) is 16.1 Å². The molecule has 8 heteroatoms. The zero-order valence-corrected chi connectivity index (χ0v) is 17.0. The summed E-state index contributed by atoms with van der Waals surface area (Å²) in [5, 5.41) is 5.55. The molecule has 0 spiro atoms. The van der Waals surface area contributed by atoms with Crippen LogP contribution < -0.4 is 16.4 Å². The van der Waals surface area contributed by atoms with Gasteiger partial charge in [0.25, 0.3) is 11.8 Å². The molecule has 0 bridgehead atoms. The molecule has 1 saturated heterocycles. The van der Waals surface area contributed by atoms with Crippen LogP contribution in [0.2, 0.25) is 0 Å². The summed E-state index contributed by atoms with van der Waals surface area (Å²) in [6.07, 6.45) is 0.233. The van der Waals surface area contributed by atoms with Crippen LogP contribution in [0.5, 0.6) is 0 Å². The molecule has 160 valence electrons. The standard InChI is InChI=1S/C23H24N4O4/c24-11-16(14-5-2-1-3-6-14)13-25-12-15-7-4-8-17-20(15)23(31)27(22(17)30)18-9-10-19(28)26-21(18)29/h1-8,16,18,25H,9-13,24H2,(H,26,28,29). The van der Waals surface area contributed by atoms with Gasteiger partial charge >= 0.3 is 0 Å². The Kier molecular flexibility index (Phi) is 5.92. The summed E-state index contributed by atoms with van der Waals surface area (Å²) in [5.74, 6) is -1.88. The highest BCUT2D eigenvalue weighted by atomic mass is 16.2. The Morgan fingerprint density at radius 3 is 2.52 bits per heavy atom. The molecule has 1 fully saturated rings. The van der Waals surface area contributed by atoms with Crippen molar-refractivity contribution in [2.45, 2.75) is 31.3 Å². The van der Waals surface area contributed by atoms with E-state index in [9.17, 15) is 19.2 Å². The number of imide groups is 2. The number of benzene rings is 2. The number of hydrogen-bond donors (Lipinski definition) is 3. The van der Waals surface area contributed by atoms with Crippen molar-refractivity contribution in [2.24, 2.45) is 5.73 Å². The second-order valence-electron chi connectivity index (χ2n) is 7.76. The van der Waals surface area contributed by atoms with Crippen molar-refractivity contribution in [2.75, 3.05) is 13.1 Å². The molecule has 0 saturated carbocycles. The van der Waals surface area contributed by atoms with Gasteiger partial charge in [-0.15, -0.1) is 0 Å². The minimum Gasteiger partial charge on any atom is -0.330 e. The van der Waals surface area contributed by atoms with Crippen LogP contribution in [0.3, 0.4) is 0 Å². The van der Waals surface area contributed by atoms with E-state index in [1.807, 2.05) is 30.3 Å². The first-order valence-corrected chi connectivity index (χ1v) is 10.3. The molecule has 4 rings (SSSR count). The number of piperidine rings is 1. The fourth-order valence-electron chi connectivity index (χ4n) is 4.18. The molecular weight excluding hydrogens is 396 g/mol. The van der Waals surface area contributed by atoms with Gasteiger partial charge in [-0.25, -0.2) is 0 Å². The van der Waals surface area contributed by atoms with E-state index in [-0.39, 0.29) is 24.3 Å². The van der Waals surface area contributed by atoms with Crippen LogP contribution in [0.15, 0.2) is 48.5 Å². The van der Waals surface area contributed by atoms with Crippen molar-refractivity contribution < 1.29 is 19.2 Å². The number of carbonyl (C=O) groups is 4. The van der Waals surface area contributed by atoms with Crippen LogP contribution in [0.1, 0.15) is 50.6 Å². The summed E-state index contributed by atoms with van der Waals surface area (Å²) in [4.78, 5) is 50.7. The summed E-state index contributed by atoms with van der Waals surface area (Å²) in [6.45, 7) is 1.47. The number of amides is 4. The number of nitrogens with two attached hydrogens (primary N) is 1. The molecule has 2 aliphatic rings. The second kappa shape index (κ2) is 8.79. The minimum absolute atomic E-state index is 0.0954. The Morgan fingerprint density at radius 1 is 1.03 bits per heavy atom. The van der Waals surface area contributed by atoms with E-state index >= 15 is 0 Å². The molecule has 31 heavy (non-hydrogen) atoms. The Morgan fingerprint density at radius 2 is 1.81 bits per heavy atom. The van der Waals surface area contributed by atoms with Crippen molar-refractivity contribution in [3.63, 3.8) is 0 Å². The quantitative estimate of drug-likeness (QED) is 0.573. The minimum atomic E-state index is -0.967. The van der Waals surface area contributed by atoms with E-state index in [2.05, 4.69) is 10.6 Å². The zero-order chi connectivity index (χ0) is 22.0.